The Kier molecular flexibility index (Phi) is 7.66. The number of nitrogens with zero attached hydrogens (tertiary/aromatic N) is 5. The van der Waals surface area contributed by atoms with E-state index in [1.165, 1.54) is 37.5 Å². The molecule has 1 N–H and O–H groups in total. The summed E-state index contributed by atoms with van der Waals surface area (Å²) in [6.45, 7) is 8.59. The van der Waals surface area contributed by atoms with Gasteiger partial charge < -0.3 is 15.1 Å². The van der Waals surface area contributed by atoms with Crippen LogP contribution < -0.4 is 10.2 Å². The van der Waals surface area contributed by atoms with Crippen LogP contribution in [0, 0.1) is 12.8 Å². The Morgan fingerprint density at radius 3 is 2.66 bits per heavy atom. The highest BCUT2D eigenvalue weighted by Gasteiger charge is 2.27. The van der Waals surface area contributed by atoms with Gasteiger partial charge in [-0.15, -0.1) is 0 Å². The molecule has 0 bridgehead atoms. The van der Waals surface area contributed by atoms with Crippen molar-refractivity contribution in [2.45, 2.75) is 77.8 Å². The first kappa shape index (κ1) is 23.0. The third-order valence-corrected chi connectivity index (χ3v) is 7.47. The quantitative estimate of drug-likeness (QED) is 0.634. The van der Waals surface area contributed by atoms with E-state index in [0.29, 0.717) is 0 Å². The monoisotopic (exact) mass is 440 g/mol. The van der Waals surface area contributed by atoms with E-state index in [-0.39, 0.29) is 11.8 Å². The molecule has 1 saturated heterocycles. The van der Waals surface area contributed by atoms with E-state index in [4.69, 9.17) is 4.98 Å². The van der Waals surface area contributed by atoms with E-state index in [1.807, 2.05) is 6.20 Å². The van der Waals surface area contributed by atoms with Gasteiger partial charge >= 0.3 is 0 Å². The smallest absolute Gasteiger partial charge is 0.223 e. The van der Waals surface area contributed by atoms with Crippen molar-refractivity contribution in [1.29, 1.82) is 0 Å². The molecular formula is C25H40N6O. The SMILES string of the molecule is CCn1nc(C)c2ccnc(N3CCC(C(=O)NCCCN(C)C4CCCCC4)CC3)c21. The summed E-state index contributed by atoms with van der Waals surface area (Å²) in [4.78, 5) is 22.3. The van der Waals surface area contributed by atoms with Crippen molar-refractivity contribution in [3.05, 3.63) is 18.0 Å². The van der Waals surface area contributed by atoms with Crippen molar-refractivity contribution >= 4 is 22.6 Å². The van der Waals surface area contributed by atoms with Gasteiger partial charge in [0.15, 0.2) is 5.82 Å². The van der Waals surface area contributed by atoms with Crippen LogP contribution in [0.1, 0.15) is 64.0 Å². The lowest BCUT2D eigenvalue weighted by molar-refractivity contribution is -0.125. The summed E-state index contributed by atoms with van der Waals surface area (Å²) in [7, 11) is 2.24. The van der Waals surface area contributed by atoms with Gasteiger partial charge in [-0.1, -0.05) is 19.3 Å². The molecular weight excluding hydrogens is 400 g/mol. The number of fused-ring (bicyclic) bond motifs is 1. The molecule has 2 aliphatic rings. The fourth-order valence-corrected chi connectivity index (χ4v) is 5.48. The largest absolute Gasteiger partial charge is 0.356 e. The number of aryl methyl sites for hydroxylation is 2. The Morgan fingerprint density at radius 1 is 1.19 bits per heavy atom. The zero-order valence-electron chi connectivity index (χ0n) is 20.1. The third-order valence-electron chi connectivity index (χ3n) is 7.47. The molecule has 0 aromatic carbocycles. The Morgan fingerprint density at radius 2 is 1.94 bits per heavy atom. The molecule has 0 spiro atoms. The highest BCUT2D eigenvalue weighted by atomic mass is 16.1. The minimum absolute atomic E-state index is 0.111. The molecule has 176 valence electrons. The van der Waals surface area contributed by atoms with E-state index < -0.39 is 0 Å². The van der Waals surface area contributed by atoms with E-state index >= 15 is 0 Å². The van der Waals surface area contributed by atoms with Crippen LogP contribution >= 0.6 is 0 Å². The Bertz CT molecular complexity index is 895. The molecule has 7 heteroatoms. The van der Waals surface area contributed by atoms with Crippen LogP contribution in [0.2, 0.25) is 0 Å². The highest BCUT2D eigenvalue weighted by Crippen LogP contribution is 2.30. The van der Waals surface area contributed by atoms with Crippen LogP contribution in [0.25, 0.3) is 10.9 Å². The molecule has 2 aromatic heterocycles. The number of anilines is 1. The van der Waals surface area contributed by atoms with Crippen LogP contribution in [0.15, 0.2) is 12.3 Å². The average molecular weight is 441 g/mol. The fourth-order valence-electron chi connectivity index (χ4n) is 5.48. The molecule has 3 heterocycles. The van der Waals surface area contributed by atoms with Crippen molar-refractivity contribution in [2.24, 2.45) is 5.92 Å². The van der Waals surface area contributed by atoms with Crippen molar-refractivity contribution in [3.63, 3.8) is 0 Å². The first-order chi connectivity index (χ1) is 15.6. The molecule has 2 fully saturated rings. The number of pyridine rings is 1. The van der Waals surface area contributed by atoms with Crippen LogP contribution in [0.4, 0.5) is 5.82 Å². The molecule has 2 aromatic rings. The topological polar surface area (TPSA) is 66.3 Å². The summed E-state index contributed by atoms with van der Waals surface area (Å²) in [6.07, 6.45) is 11.5. The molecule has 4 rings (SSSR count). The van der Waals surface area contributed by atoms with Gasteiger partial charge in [-0.05, 0) is 65.6 Å². The maximum Gasteiger partial charge on any atom is 0.223 e. The summed E-state index contributed by atoms with van der Waals surface area (Å²) < 4.78 is 2.05. The maximum absolute atomic E-state index is 12.7. The molecule has 1 saturated carbocycles. The van der Waals surface area contributed by atoms with Gasteiger partial charge in [-0.2, -0.15) is 5.10 Å². The zero-order valence-corrected chi connectivity index (χ0v) is 20.1. The number of aromatic nitrogens is 3. The second-order valence-electron chi connectivity index (χ2n) is 9.61. The zero-order chi connectivity index (χ0) is 22.5. The van der Waals surface area contributed by atoms with Gasteiger partial charge in [-0.3, -0.25) is 9.48 Å². The first-order valence-corrected chi connectivity index (χ1v) is 12.6. The number of hydrogen-bond acceptors (Lipinski definition) is 5. The van der Waals surface area contributed by atoms with Gasteiger partial charge in [0.2, 0.25) is 5.91 Å². The Hall–Kier alpha value is -2.15. The standard InChI is InChI=1S/C25H40N6O/c1-4-31-23-22(19(2)28-31)11-15-26-24(23)30-17-12-20(13-18-30)25(32)27-14-8-16-29(3)21-9-6-5-7-10-21/h11,15,20-21H,4-10,12-14,16-18H2,1-3H3,(H,27,32). The van der Waals surface area contributed by atoms with Gasteiger partial charge in [-0.25, -0.2) is 4.98 Å². The van der Waals surface area contributed by atoms with Crippen LogP contribution in [0.5, 0.6) is 0 Å². The predicted molar refractivity (Wildman–Crippen MR) is 130 cm³/mol. The van der Waals surface area contributed by atoms with Crippen molar-refractivity contribution in [1.82, 2.24) is 25.0 Å². The third kappa shape index (κ3) is 5.08. The molecule has 1 aliphatic carbocycles. The Balaban J connectivity index is 1.24. The van der Waals surface area contributed by atoms with Gasteiger partial charge in [0.05, 0.1) is 5.69 Å². The van der Waals surface area contributed by atoms with E-state index in [1.54, 1.807) is 0 Å². The van der Waals surface area contributed by atoms with Crippen molar-refractivity contribution in [2.75, 3.05) is 38.1 Å². The van der Waals surface area contributed by atoms with E-state index in [2.05, 4.69) is 51.9 Å². The highest BCUT2D eigenvalue weighted by molar-refractivity contribution is 5.91. The predicted octanol–water partition coefficient (Wildman–Crippen LogP) is 3.75. The van der Waals surface area contributed by atoms with Crippen LogP contribution in [0.3, 0.4) is 0 Å². The van der Waals surface area contributed by atoms with Gasteiger partial charge in [0.25, 0.3) is 0 Å². The van der Waals surface area contributed by atoms with Gasteiger partial charge in [0, 0.05) is 49.7 Å². The number of amides is 1. The van der Waals surface area contributed by atoms with E-state index in [9.17, 15) is 4.79 Å². The average Bonchev–Trinajstić information content (AvgIpc) is 3.18. The first-order valence-electron chi connectivity index (χ1n) is 12.6. The Labute approximate surface area is 192 Å². The molecule has 1 aliphatic heterocycles. The number of rotatable bonds is 8. The summed E-state index contributed by atoms with van der Waals surface area (Å²) in [5.41, 5.74) is 2.17. The molecule has 0 radical (unpaired) electrons. The van der Waals surface area contributed by atoms with Crippen LogP contribution in [-0.4, -0.2) is 64.8 Å². The lowest BCUT2D eigenvalue weighted by Crippen LogP contribution is -2.42. The minimum atomic E-state index is 0.111. The second kappa shape index (κ2) is 10.6. The molecule has 32 heavy (non-hydrogen) atoms. The minimum Gasteiger partial charge on any atom is -0.356 e. The number of piperidine rings is 1. The molecule has 1 amide bonds. The van der Waals surface area contributed by atoms with Crippen molar-refractivity contribution < 1.29 is 4.79 Å². The maximum atomic E-state index is 12.7. The molecule has 0 atom stereocenters. The lowest BCUT2D eigenvalue weighted by Gasteiger charge is -2.33. The number of nitrogens with one attached hydrogen (secondary N) is 1. The summed E-state index contributed by atoms with van der Waals surface area (Å²) >= 11 is 0. The van der Waals surface area contributed by atoms with Crippen molar-refractivity contribution in [3.8, 4) is 0 Å². The summed E-state index contributed by atoms with van der Waals surface area (Å²) in [6, 6.07) is 2.80. The van der Waals surface area contributed by atoms with E-state index in [0.717, 1.165) is 75.1 Å². The number of carbonyl (C=O) groups excluding carboxylic acids is 1. The normalized spacial score (nSPS) is 18.6. The summed E-state index contributed by atoms with van der Waals surface area (Å²) in [5, 5.41) is 9.05. The van der Waals surface area contributed by atoms with Crippen LogP contribution in [-0.2, 0) is 11.3 Å². The fraction of sp³-hybridized carbons (Fsp3) is 0.720. The number of hydrogen-bond donors (Lipinski definition) is 1. The molecule has 0 unspecified atom stereocenters. The summed E-state index contributed by atoms with van der Waals surface area (Å²) in [5.74, 6) is 1.35. The second-order valence-corrected chi connectivity index (χ2v) is 9.61. The number of carbonyl (C=O) groups is 1. The van der Waals surface area contributed by atoms with Gasteiger partial charge in [0.1, 0.15) is 5.52 Å². The molecule has 7 nitrogen and oxygen atoms in total. The lowest BCUT2D eigenvalue weighted by atomic mass is 9.94.